The molecule has 0 spiro atoms. The third-order valence-corrected chi connectivity index (χ3v) is 6.48. The number of halogens is 4. The first-order chi connectivity index (χ1) is 13.2. The molecule has 0 unspecified atom stereocenters. The van der Waals surface area contributed by atoms with Gasteiger partial charge in [0.05, 0.1) is 6.61 Å². The van der Waals surface area contributed by atoms with Crippen LogP contribution < -0.4 is 4.74 Å². The van der Waals surface area contributed by atoms with Gasteiger partial charge in [0.1, 0.15) is 19.9 Å². The minimum absolute atomic E-state index is 0.114. The number of ether oxygens (including phenoxy) is 2. The van der Waals surface area contributed by atoms with Crippen molar-refractivity contribution in [1.82, 2.24) is 19.6 Å². The zero-order valence-electron chi connectivity index (χ0n) is 14.1. The van der Waals surface area contributed by atoms with E-state index in [4.69, 9.17) is 20.2 Å². The van der Waals surface area contributed by atoms with Gasteiger partial charge in [-0.15, -0.1) is 10.2 Å². The van der Waals surface area contributed by atoms with Crippen LogP contribution in [0.25, 0.3) is 16.3 Å². The Morgan fingerprint density at radius 2 is 2.11 bits per heavy atom. The molecule has 28 heavy (non-hydrogen) atoms. The summed E-state index contributed by atoms with van der Waals surface area (Å²) in [6.45, 7) is 0.729. The molecule has 3 aromatic rings. The molecule has 152 valence electrons. The van der Waals surface area contributed by atoms with E-state index < -0.39 is 20.5 Å². The molecule has 0 aliphatic heterocycles. The first-order valence-electron chi connectivity index (χ1n) is 7.62. The summed E-state index contributed by atoms with van der Waals surface area (Å²) < 4.78 is 62.0. The lowest BCUT2D eigenvalue weighted by atomic mass is 10.3. The average molecular weight is 565 g/mol. The van der Waals surface area contributed by atoms with Gasteiger partial charge < -0.3 is 9.47 Å². The summed E-state index contributed by atoms with van der Waals surface area (Å²) in [4.78, 5) is 4.11. The first kappa shape index (κ1) is 21.5. The first-order valence-corrected chi connectivity index (χ1v) is 11.8. The third kappa shape index (κ3) is 4.53. The summed E-state index contributed by atoms with van der Waals surface area (Å²) in [6, 6.07) is 1.29. The van der Waals surface area contributed by atoms with Crippen molar-refractivity contribution in [3.8, 4) is 16.6 Å². The Hall–Kier alpha value is -1.16. The molecular weight excluding hydrogens is 553 g/mol. The van der Waals surface area contributed by atoms with Crippen molar-refractivity contribution in [2.24, 2.45) is 0 Å². The molecule has 0 fully saturated rings. The van der Waals surface area contributed by atoms with Gasteiger partial charge in [-0.25, -0.2) is 22.2 Å². The second kappa shape index (κ2) is 8.69. The summed E-state index contributed by atoms with van der Waals surface area (Å²) >= 11 is 2.61. The molecule has 0 saturated carbocycles. The Morgan fingerprint density at radius 1 is 1.36 bits per heavy atom. The van der Waals surface area contributed by atoms with E-state index in [1.165, 1.54) is 16.7 Å². The lowest BCUT2D eigenvalue weighted by Crippen LogP contribution is -2.05. The van der Waals surface area contributed by atoms with E-state index in [1.807, 2.05) is 22.6 Å². The highest BCUT2D eigenvalue weighted by Crippen LogP contribution is 2.35. The number of imidazole rings is 1. The van der Waals surface area contributed by atoms with Crippen molar-refractivity contribution in [1.29, 1.82) is 0 Å². The molecule has 3 aromatic heterocycles. The molecule has 14 heteroatoms. The van der Waals surface area contributed by atoms with Crippen molar-refractivity contribution < 1.29 is 26.7 Å². The van der Waals surface area contributed by atoms with E-state index in [2.05, 4.69) is 15.2 Å². The van der Waals surface area contributed by atoms with E-state index in [-0.39, 0.29) is 28.1 Å². The minimum Gasteiger partial charge on any atom is -0.491 e. The van der Waals surface area contributed by atoms with Crippen LogP contribution in [0, 0.1) is 3.70 Å². The van der Waals surface area contributed by atoms with Crippen LogP contribution in [0.2, 0.25) is 0 Å². The topological polar surface area (TPSA) is 95.7 Å². The van der Waals surface area contributed by atoms with Crippen molar-refractivity contribution in [3.63, 3.8) is 0 Å². The minimum atomic E-state index is -4.09. The number of hydrogen-bond acceptors (Lipinski definition) is 8. The van der Waals surface area contributed by atoms with Crippen LogP contribution in [0.4, 0.5) is 8.78 Å². The van der Waals surface area contributed by atoms with Crippen LogP contribution in [-0.2, 0) is 13.8 Å². The second-order valence-corrected chi connectivity index (χ2v) is 9.96. The molecule has 0 atom stereocenters. The van der Waals surface area contributed by atoms with E-state index in [9.17, 15) is 17.2 Å². The SMILES string of the molecule is COCCCOc1cc(S(=O)(=O)Cl)cn2c(-c3nnc(C(F)F)s3)nc(I)c12. The van der Waals surface area contributed by atoms with Crippen molar-refractivity contribution in [2.75, 3.05) is 20.3 Å². The number of rotatable bonds is 8. The largest absolute Gasteiger partial charge is 0.491 e. The third-order valence-electron chi connectivity index (χ3n) is 3.48. The molecule has 8 nitrogen and oxygen atoms in total. The number of methoxy groups -OCH3 is 1. The quantitative estimate of drug-likeness (QED) is 0.234. The highest BCUT2D eigenvalue weighted by Gasteiger charge is 2.24. The Morgan fingerprint density at radius 3 is 2.71 bits per heavy atom. The van der Waals surface area contributed by atoms with Crippen molar-refractivity contribution in [2.45, 2.75) is 17.7 Å². The van der Waals surface area contributed by atoms with Gasteiger partial charge in [-0.3, -0.25) is 4.40 Å². The number of fused-ring (bicyclic) bond motifs is 1. The van der Waals surface area contributed by atoms with Crippen LogP contribution in [0.3, 0.4) is 0 Å². The summed E-state index contributed by atoms with van der Waals surface area (Å²) in [7, 11) is 2.97. The molecule has 3 rings (SSSR count). The Balaban J connectivity index is 2.15. The predicted molar refractivity (Wildman–Crippen MR) is 107 cm³/mol. The fourth-order valence-corrected chi connectivity index (χ4v) is 4.48. The second-order valence-electron chi connectivity index (χ2n) is 5.36. The average Bonchev–Trinajstić information content (AvgIpc) is 3.23. The summed E-state index contributed by atoms with van der Waals surface area (Å²) in [5.41, 5.74) is 0.464. The molecule has 0 amide bonds. The number of nitrogens with zero attached hydrogens (tertiary/aromatic N) is 4. The Labute approximate surface area is 180 Å². The maximum atomic E-state index is 12.9. The number of alkyl halides is 2. The molecular formula is C14H12ClF2IN4O4S2. The van der Waals surface area contributed by atoms with E-state index in [0.717, 1.165) is 0 Å². The van der Waals surface area contributed by atoms with Crippen LogP contribution in [0.1, 0.15) is 17.9 Å². The molecule has 3 heterocycles. The zero-order valence-corrected chi connectivity index (χ0v) is 18.6. The van der Waals surface area contributed by atoms with Gasteiger partial charge in [-0.05, 0) is 22.6 Å². The Kier molecular flexibility index (Phi) is 6.69. The molecule has 0 saturated heterocycles. The van der Waals surface area contributed by atoms with Crippen LogP contribution in [0.5, 0.6) is 5.75 Å². The lowest BCUT2D eigenvalue weighted by Gasteiger charge is -2.10. The van der Waals surface area contributed by atoms with Crippen LogP contribution in [-0.4, -0.2) is 48.3 Å². The monoisotopic (exact) mass is 564 g/mol. The van der Waals surface area contributed by atoms with Crippen molar-refractivity contribution in [3.05, 3.63) is 21.0 Å². The van der Waals surface area contributed by atoms with Gasteiger partial charge in [-0.1, -0.05) is 11.3 Å². The van der Waals surface area contributed by atoms with Gasteiger partial charge in [0.15, 0.2) is 15.8 Å². The van der Waals surface area contributed by atoms with Gasteiger partial charge in [-0.2, -0.15) is 0 Å². The van der Waals surface area contributed by atoms with Gasteiger partial charge in [0, 0.05) is 43.1 Å². The smallest absolute Gasteiger partial charge is 0.291 e. The number of hydrogen-bond donors (Lipinski definition) is 0. The van der Waals surface area contributed by atoms with Crippen LogP contribution >= 0.6 is 44.6 Å². The fraction of sp³-hybridized carbons (Fsp3) is 0.357. The highest BCUT2D eigenvalue weighted by molar-refractivity contribution is 14.1. The van der Waals surface area contributed by atoms with Gasteiger partial charge >= 0.3 is 0 Å². The Bertz CT molecular complexity index is 1110. The van der Waals surface area contributed by atoms with Crippen LogP contribution in [0.15, 0.2) is 17.2 Å². The normalized spacial score (nSPS) is 12.2. The van der Waals surface area contributed by atoms with Gasteiger partial charge in [0.2, 0.25) is 0 Å². The summed E-state index contributed by atoms with van der Waals surface area (Å²) in [5, 5.41) is 6.84. The summed E-state index contributed by atoms with van der Waals surface area (Å²) in [6.07, 6.45) is -0.949. The zero-order chi connectivity index (χ0) is 20.5. The predicted octanol–water partition coefficient (Wildman–Crippen LogP) is 3.74. The van der Waals surface area contributed by atoms with Gasteiger partial charge in [0.25, 0.3) is 15.5 Å². The molecule has 0 aromatic carbocycles. The maximum absolute atomic E-state index is 12.9. The molecule has 0 radical (unpaired) electrons. The molecule has 0 bridgehead atoms. The molecule has 0 aliphatic carbocycles. The van der Waals surface area contributed by atoms with Crippen molar-refractivity contribution >= 4 is 59.2 Å². The van der Waals surface area contributed by atoms with E-state index in [1.54, 1.807) is 7.11 Å². The fourth-order valence-electron chi connectivity index (χ4n) is 2.31. The lowest BCUT2D eigenvalue weighted by molar-refractivity contribution is 0.150. The van der Waals surface area contributed by atoms with E-state index in [0.29, 0.717) is 33.6 Å². The van der Waals surface area contributed by atoms with E-state index >= 15 is 0 Å². The molecule has 0 aliphatic rings. The summed E-state index contributed by atoms with van der Waals surface area (Å²) in [5.74, 6) is 0.396. The standard InChI is InChI=1S/C14H12ClF2IN4O4S2/c1-25-3-2-4-26-8-5-7(28(15,23)24)6-22-9(8)11(18)19-12(22)14-21-20-13(27-14)10(16)17/h5-6,10H,2-4H2,1H3. The number of aromatic nitrogens is 4. The molecule has 0 N–H and O–H groups in total. The number of pyridine rings is 1. The maximum Gasteiger partial charge on any atom is 0.291 e. The highest BCUT2D eigenvalue weighted by atomic mass is 127.